The summed E-state index contributed by atoms with van der Waals surface area (Å²) in [5.41, 5.74) is -7.62. The number of aliphatic hydroxyl groups excluding tert-OH is 3. The number of rotatable bonds is 14. The molecule has 330 valence electrons. The van der Waals surface area contributed by atoms with Crippen molar-refractivity contribution in [3.05, 3.63) is 69.4 Å². The van der Waals surface area contributed by atoms with Gasteiger partial charge in [0, 0.05) is 130 Å². The van der Waals surface area contributed by atoms with Crippen LogP contribution in [0.5, 0.6) is 0 Å². The summed E-state index contributed by atoms with van der Waals surface area (Å²) in [4.78, 5) is 56.4. The molecule has 2 saturated carbocycles. The van der Waals surface area contributed by atoms with Gasteiger partial charge in [-0.05, 0) is 62.4 Å². The molecule has 3 aliphatic carbocycles. The average Bonchev–Trinajstić information content (AvgIpc) is 3.75. The number of Topliss-reactive ketones (excluding diaryl/α,β-unsaturated/α-hetero) is 1. The van der Waals surface area contributed by atoms with Crippen LogP contribution >= 0.6 is 11.3 Å². The molecule has 6 N–H and O–H groups in total. The second-order valence-corrected chi connectivity index (χ2v) is 17.4. The van der Waals surface area contributed by atoms with Crippen LogP contribution in [0.4, 0.5) is 4.79 Å². The number of alkyl carbamates (subject to hydrolysis) is 1. The molecule has 4 aliphatic rings. The normalized spacial score (nSPS) is 32.2. The summed E-state index contributed by atoms with van der Waals surface area (Å²) in [5.74, 6) is -4.59. The van der Waals surface area contributed by atoms with Gasteiger partial charge in [-0.15, -0.1) is 11.3 Å². The largest absolute Gasteiger partial charge is 0.456 e. The number of carbonyl (C=O) groups is 4. The quantitative estimate of drug-likeness (QED) is 0.0906. The number of nitrogens with one attached hydrogen (secondary N) is 1. The van der Waals surface area contributed by atoms with Crippen LogP contribution in [0.25, 0.3) is 0 Å². The molecule has 1 saturated heterocycles. The Hall–Kier alpha value is -0.897. The Morgan fingerprint density at radius 3 is 2.16 bits per heavy atom. The standard InChI is InChI=1S/C42H55NO15S.2Ac/c1-7-53-19-24(20-54-8-2)56-38(50)43-30(26-15-12-16-59-26)32(46)37(49)57-25-18-42(52)35(58-36(48)23-13-10-9-11-14-23)33-40(6,27(44)17-28-41(33,51)21-55-28)34(47)31(45)29(22(25)3)39(42,4)5;;/h9-16,24-25,27-28,30-33,35,44-46,51-52H,7-8,17-21H2,1-6H3,(H,43,50);;/t25-,27-,28+,30-,31+,32+,33-,35-,40+,41-,42+;;/m0../s1. The number of aliphatic hydroxyl groups is 5. The molecule has 1 aliphatic heterocycles. The third-order valence-electron chi connectivity index (χ3n) is 12.8. The molecule has 6 rings (SSSR count). The first-order chi connectivity index (χ1) is 27.9. The van der Waals surface area contributed by atoms with E-state index in [1.165, 1.54) is 26.0 Å². The van der Waals surface area contributed by atoms with Gasteiger partial charge in [0.05, 0.1) is 43.0 Å². The first kappa shape index (κ1) is 52.7. The Morgan fingerprint density at radius 1 is 0.967 bits per heavy atom. The number of fused-ring (bicyclic) bond motifs is 5. The van der Waals surface area contributed by atoms with Crippen molar-refractivity contribution < 1.29 is 161 Å². The van der Waals surface area contributed by atoms with Crippen LogP contribution in [0.2, 0.25) is 0 Å². The number of ether oxygens (including phenoxy) is 6. The van der Waals surface area contributed by atoms with Crippen LogP contribution in [0.3, 0.4) is 0 Å². The summed E-state index contributed by atoms with van der Waals surface area (Å²) < 4.78 is 34.2. The fraction of sp³-hybridized carbons (Fsp3) is 0.619. The smallest absolute Gasteiger partial charge is 0.408 e. The van der Waals surface area contributed by atoms with Crippen molar-refractivity contribution in [2.24, 2.45) is 16.7 Å². The third kappa shape index (κ3) is 9.82. The predicted octanol–water partition coefficient (Wildman–Crippen LogP) is 2.39. The molecule has 2 bridgehead atoms. The van der Waals surface area contributed by atoms with E-state index in [9.17, 15) is 44.7 Å². The number of ketones is 1. The van der Waals surface area contributed by atoms with Gasteiger partial charge in [-0.2, -0.15) is 0 Å². The van der Waals surface area contributed by atoms with E-state index in [4.69, 9.17) is 28.4 Å². The molecule has 16 nitrogen and oxygen atoms in total. The molecule has 61 heavy (non-hydrogen) atoms. The van der Waals surface area contributed by atoms with Crippen LogP contribution < -0.4 is 5.32 Å². The van der Waals surface area contributed by atoms with Crippen molar-refractivity contribution in [3.63, 3.8) is 0 Å². The first-order valence-corrected chi connectivity index (χ1v) is 20.7. The van der Waals surface area contributed by atoms with E-state index >= 15 is 0 Å². The van der Waals surface area contributed by atoms with Crippen LogP contribution in [-0.2, 0) is 38.0 Å². The number of carbonyl (C=O) groups excluding carboxylic acids is 4. The molecular weight excluding hydrogens is 1240 g/mol. The number of hydrogen-bond donors (Lipinski definition) is 6. The monoisotopic (exact) mass is 1300 g/mol. The van der Waals surface area contributed by atoms with Crippen LogP contribution in [0.15, 0.2) is 59.0 Å². The maximum atomic E-state index is 14.7. The molecule has 2 aromatic rings. The van der Waals surface area contributed by atoms with Crippen LogP contribution in [0.1, 0.15) is 75.7 Å². The minimum absolute atomic E-state index is 0. The van der Waals surface area contributed by atoms with Crippen LogP contribution in [0, 0.1) is 105 Å². The number of esters is 2. The van der Waals surface area contributed by atoms with Gasteiger partial charge in [-0.3, -0.25) is 4.79 Å². The number of amides is 1. The van der Waals surface area contributed by atoms with E-state index in [1.54, 1.807) is 63.4 Å². The Kier molecular flexibility index (Phi) is 18.3. The minimum Gasteiger partial charge on any atom is -0.456 e. The second kappa shape index (κ2) is 21.2. The van der Waals surface area contributed by atoms with Gasteiger partial charge in [-0.1, -0.05) is 38.1 Å². The summed E-state index contributed by atoms with van der Waals surface area (Å²) in [7, 11) is 0. The van der Waals surface area contributed by atoms with Crippen molar-refractivity contribution in [1.82, 2.24) is 5.32 Å². The van der Waals surface area contributed by atoms with Crippen molar-refractivity contribution in [2.75, 3.05) is 33.0 Å². The molecule has 1 aromatic carbocycles. The van der Waals surface area contributed by atoms with Crippen molar-refractivity contribution in [2.45, 2.75) is 114 Å². The predicted molar refractivity (Wildman–Crippen MR) is 209 cm³/mol. The molecule has 1 amide bonds. The molecule has 11 atom stereocenters. The minimum atomic E-state index is -2.33. The summed E-state index contributed by atoms with van der Waals surface area (Å²) in [6.07, 6.45) is -12.2. The topological polar surface area (TPSA) is 237 Å². The average molecular weight is 1300 g/mol. The van der Waals surface area contributed by atoms with E-state index in [0.29, 0.717) is 18.1 Å². The van der Waals surface area contributed by atoms with E-state index in [1.807, 2.05) is 0 Å². The van der Waals surface area contributed by atoms with Gasteiger partial charge in [-0.25, -0.2) is 14.4 Å². The third-order valence-corrected chi connectivity index (χ3v) is 13.8. The van der Waals surface area contributed by atoms with Gasteiger partial charge in [0.1, 0.15) is 35.6 Å². The Labute approximate surface area is 430 Å². The molecule has 1 aromatic heterocycles. The number of benzene rings is 1. The number of hydrogen-bond acceptors (Lipinski definition) is 16. The summed E-state index contributed by atoms with van der Waals surface area (Å²) >= 11 is 1.14. The zero-order valence-electron chi connectivity index (χ0n) is 35.1. The van der Waals surface area contributed by atoms with E-state index in [0.717, 1.165) is 11.3 Å². The van der Waals surface area contributed by atoms with Gasteiger partial charge >= 0.3 is 18.0 Å². The Balaban J connectivity index is 0.00000410. The van der Waals surface area contributed by atoms with E-state index in [2.05, 4.69) is 5.32 Å². The Bertz CT molecular complexity index is 1890. The van der Waals surface area contributed by atoms with Crippen molar-refractivity contribution in [3.8, 4) is 0 Å². The maximum absolute atomic E-state index is 14.7. The second-order valence-electron chi connectivity index (χ2n) is 16.5. The van der Waals surface area contributed by atoms with Gasteiger partial charge in [0.25, 0.3) is 0 Å². The molecule has 0 unspecified atom stereocenters. The van der Waals surface area contributed by atoms with Gasteiger partial charge in [0.2, 0.25) is 0 Å². The molecule has 2 radical (unpaired) electrons. The summed E-state index contributed by atoms with van der Waals surface area (Å²) in [6, 6.07) is 9.75. The fourth-order valence-corrected chi connectivity index (χ4v) is 10.2. The number of thiophene rings is 1. The molecule has 0 spiro atoms. The van der Waals surface area contributed by atoms with Crippen molar-refractivity contribution in [1.29, 1.82) is 0 Å². The molecule has 19 heteroatoms. The fourth-order valence-electron chi connectivity index (χ4n) is 9.42. The van der Waals surface area contributed by atoms with E-state index < -0.39 is 107 Å². The Morgan fingerprint density at radius 2 is 1.61 bits per heavy atom. The first-order valence-electron chi connectivity index (χ1n) is 19.8. The SMILES string of the molecule is CCOCC(COCC)OC(=O)N[C@@H](c1cccs1)[C@@H](O)C(=O)O[C@H]1C[C@@]2(O)[C@@H](OC(=O)c3ccccc3)[C@@H]3[C@]4(O)CO[C@@H]4C[C@H](O)[C@@]3(C)C(=O)[C@H](O)C(=C1C)C2(C)C.[Ac].[Ac]. The summed E-state index contributed by atoms with van der Waals surface area (Å²) in [5, 5.41) is 65.1. The zero-order valence-corrected chi connectivity index (χ0v) is 45.5. The van der Waals surface area contributed by atoms with Gasteiger partial charge in [0.15, 0.2) is 18.0 Å². The van der Waals surface area contributed by atoms with Gasteiger partial charge < -0.3 is 59.3 Å². The zero-order chi connectivity index (χ0) is 43.1. The molecule has 2 heterocycles. The summed E-state index contributed by atoms with van der Waals surface area (Å²) in [6.45, 7) is 10.0. The molecule has 3 fully saturated rings. The van der Waals surface area contributed by atoms with Crippen molar-refractivity contribution >= 4 is 35.2 Å². The maximum Gasteiger partial charge on any atom is 0.408 e. The van der Waals surface area contributed by atoms with E-state index in [-0.39, 0.29) is 131 Å². The molecular formula is C42H55Ac2NO15S. The van der Waals surface area contributed by atoms with Crippen LogP contribution in [-0.4, -0.2) is 136 Å².